The second kappa shape index (κ2) is 4.05. The molecule has 0 saturated heterocycles. The highest BCUT2D eigenvalue weighted by Crippen LogP contribution is 2.36. The molecule has 0 aliphatic heterocycles. The normalized spacial score (nSPS) is 27.1. The van der Waals surface area contributed by atoms with E-state index in [4.69, 9.17) is 5.11 Å². The Balaban J connectivity index is 2.88. The Kier molecular flexibility index (Phi) is 3.25. The van der Waals surface area contributed by atoms with Crippen molar-refractivity contribution in [2.75, 3.05) is 5.33 Å². The zero-order valence-corrected chi connectivity index (χ0v) is 8.55. The lowest BCUT2D eigenvalue weighted by Crippen LogP contribution is -2.30. The van der Waals surface area contributed by atoms with Gasteiger partial charge in [-0.25, -0.2) is 4.39 Å². The molecular weight excluding hydrogens is 239 g/mol. The van der Waals surface area contributed by atoms with E-state index in [1.54, 1.807) is 6.08 Å². The maximum atomic E-state index is 12.9. The fourth-order valence-electron chi connectivity index (χ4n) is 1.35. The average Bonchev–Trinajstić information content (AvgIpc) is 2.04. The third-order valence-corrected chi connectivity index (χ3v) is 2.54. The first-order valence-corrected chi connectivity index (χ1v) is 5.06. The van der Waals surface area contributed by atoms with Crippen LogP contribution in [0, 0.1) is 5.41 Å². The molecular formula is C9H10BrFO2. The number of carbonyl (C=O) groups is 1. The summed E-state index contributed by atoms with van der Waals surface area (Å²) < 4.78 is 12.9. The van der Waals surface area contributed by atoms with Gasteiger partial charge in [0, 0.05) is 11.8 Å². The van der Waals surface area contributed by atoms with E-state index in [2.05, 4.69) is 15.9 Å². The molecule has 1 rings (SSSR count). The van der Waals surface area contributed by atoms with Gasteiger partial charge in [0.15, 0.2) is 0 Å². The number of halogens is 2. The number of alkyl halides is 1. The highest BCUT2D eigenvalue weighted by molar-refractivity contribution is 9.09. The second-order valence-corrected chi connectivity index (χ2v) is 3.84. The van der Waals surface area contributed by atoms with Gasteiger partial charge >= 0.3 is 5.97 Å². The molecule has 0 spiro atoms. The molecule has 1 unspecified atom stereocenters. The monoisotopic (exact) mass is 248 g/mol. The molecule has 0 fully saturated rings. The molecule has 0 aromatic rings. The molecule has 2 nitrogen and oxygen atoms in total. The van der Waals surface area contributed by atoms with Crippen molar-refractivity contribution in [2.24, 2.45) is 5.41 Å². The fraction of sp³-hybridized carbons (Fsp3) is 0.444. The van der Waals surface area contributed by atoms with Crippen LogP contribution in [0.4, 0.5) is 4.39 Å². The Bertz CT molecular complexity index is 273. The first-order valence-electron chi connectivity index (χ1n) is 3.94. The minimum atomic E-state index is -1.05. The number of aliphatic carboxylic acids is 1. The second-order valence-electron chi connectivity index (χ2n) is 3.05. The summed E-state index contributed by atoms with van der Waals surface area (Å²) in [6.07, 6.45) is 4.69. The summed E-state index contributed by atoms with van der Waals surface area (Å²) in [4.78, 5) is 10.9. The van der Waals surface area contributed by atoms with Crippen molar-refractivity contribution in [1.82, 2.24) is 0 Å². The minimum absolute atomic E-state index is 0.0373. The molecule has 0 saturated carbocycles. The summed E-state index contributed by atoms with van der Waals surface area (Å²) in [6, 6.07) is 0. The molecule has 0 radical (unpaired) electrons. The van der Waals surface area contributed by atoms with Crippen LogP contribution in [-0.4, -0.2) is 16.4 Å². The Morgan fingerprint density at radius 3 is 2.92 bits per heavy atom. The van der Waals surface area contributed by atoms with Crippen LogP contribution in [0.15, 0.2) is 24.1 Å². The van der Waals surface area contributed by atoms with Crippen LogP contribution < -0.4 is 0 Å². The van der Waals surface area contributed by atoms with E-state index >= 15 is 0 Å². The summed E-state index contributed by atoms with van der Waals surface area (Å²) >= 11 is 3.17. The number of carboxylic acids is 1. The van der Waals surface area contributed by atoms with Crippen molar-refractivity contribution >= 4 is 21.9 Å². The lowest BCUT2D eigenvalue weighted by Gasteiger charge is -2.26. The largest absolute Gasteiger partial charge is 0.481 e. The predicted octanol–water partition coefficient (Wildman–Crippen LogP) is 2.66. The van der Waals surface area contributed by atoms with Crippen LogP contribution in [0.3, 0.4) is 0 Å². The van der Waals surface area contributed by atoms with Crippen LogP contribution >= 0.6 is 15.9 Å². The summed E-state index contributed by atoms with van der Waals surface area (Å²) in [5.41, 5.74) is -1.05. The van der Waals surface area contributed by atoms with E-state index in [0.717, 1.165) is 0 Å². The van der Waals surface area contributed by atoms with Gasteiger partial charge in [0.25, 0.3) is 0 Å². The Labute approximate surface area is 84.3 Å². The minimum Gasteiger partial charge on any atom is -0.481 e. The lowest BCUT2D eigenvalue weighted by atomic mass is 9.79. The van der Waals surface area contributed by atoms with E-state index in [1.807, 2.05) is 0 Å². The van der Waals surface area contributed by atoms with Gasteiger partial charge in [0.2, 0.25) is 0 Å². The van der Waals surface area contributed by atoms with Crippen LogP contribution in [0.5, 0.6) is 0 Å². The van der Waals surface area contributed by atoms with Gasteiger partial charge in [0.1, 0.15) is 5.83 Å². The van der Waals surface area contributed by atoms with Crippen molar-refractivity contribution in [3.8, 4) is 0 Å². The Hall–Kier alpha value is -0.640. The van der Waals surface area contributed by atoms with E-state index in [9.17, 15) is 9.18 Å². The number of allylic oxidation sites excluding steroid dienone is 3. The predicted molar refractivity (Wildman–Crippen MR) is 51.4 cm³/mol. The highest BCUT2D eigenvalue weighted by atomic mass is 79.9. The molecule has 0 bridgehead atoms. The number of rotatable bonds is 3. The van der Waals surface area contributed by atoms with Crippen molar-refractivity contribution in [3.63, 3.8) is 0 Å². The van der Waals surface area contributed by atoms with Gasteiger partial charge in [-0.05, 0) is 12.5 Å². The molecule has 1 atom stereocenters. The maximum absolute atomic E-state index is 12.9. The Morgan fingerprint density at radius 1 is 1.77 bits per heavy atom. The number of carboxylic acid groups (broad SMARTS) is 1. The van der Waals surface area contributed by atoms with Crippen LogP contribution in [0.25, 0.3) is 0 Å². The smallest absolute Gasteiger partial charge is 0.313 e. The van der Waals surface area contributed by atoms with E-state index in [0.29, 0.717) is 11.8 Å². The van der Waals surface area contributed by atoms with Gasteiger partial charge in [-0.15, -0.1) is 0 Å². The molecule has 1 N–H and O–H groups in total. The molecule has 0 amide bonds. The van der Waals surface area contributed by atoms with Crippen LogP contribution in [0.2, 0.25) is 0 Å². The van der Waals surface area contributed by atoms with Crippen molar-refractivity contribution in [1.29, 1.82) is 0 Å². The summed E-state index contributed by atoms with van der Waals surface area (Å²) in [6.45, 7) is 0. The maximum Gasteiger partial charge on any atom is 0.313 e. The Morgan fingerprint density at radius 2 is 2.46 bits per heavy atom. The van der Waals surface area contributed by atoms with Gasteiger partial charge < -0.3 is 5.11 Å². The molecule has 72 valence electrons. The SMILES string of the molecule is O=C(O)C1(CCBr)C=CC=C(F)C1. The molecule has 0 aromatic carbocycles. The third-order valence-electron chi connectivity index (χ3n) is 2.14. The van der Waals surface area contributed by atoms with Crippen LogP contribution in [-0.2, 0) is 4.79 Å². The first kappa shape index (κ1) is 10.4. The highest BCUT2D eigenvalue weighted by Gasteiger charge is 2.37. The number of hydrogen-bond donors (Lipinski definition) is 1. The van der Waals surface area contributed by atoms with Crippen LogP contribution in [0.1, 0.15) is 12.8 Å². The van der Waals surface area contributed by atoms with Crippen molar-refractivity contribution in [2.45, 2.75) is 12.8 Å². The van der Waals surface area contributed by atoms with Gasteiger partial charge in [0.05, 0.1) is 5.41 Å². The quantitative estimate of drug-likeness (QED) is 0.780. The standard InChI is InChI=1S/C9H10BrFO2/c10-5-4-9(8(12)13)3-1-2-7(11)6-9/h1-3H,4-6H2,(H,12,13). The van der Waals surface area contributed by atoms with E-state index in [-0.39, 0.29) is 12.2 Å². The lowest BCUT2D eigenvalue weighted by molar-refractivity contribution is -0.146. The summed E-state index contributed by atoms with van der Waals surface area (Å²) in [7, 11) is 0. The first-order chi connectivity index (χ1) is 6.10. The van der Waals surface area contributed by atoms with Gasteiger partial charge in [-0.1, -0.05) is 28.1 Å². The molecule has 13 heavy (non-hydrogen) atoms. The fourth-order valence-corrected chi connectivity index (χ4v) is 2.06. The third kappa shape index (κ3) is 2.18. The summed E-state index contributed by atoms with van der Waals surface area (Å²) in [5.74, 6) is -1.34. The molecule has 1 aliphatic rings. The van der Waals surface area contributed by atoms with Gasteiger partial charge in [-0.3, -0.25) is 4.79 Å². The van der Waals surface area contributed by atoms with E-state index in [1.165, 1.54) is 12.2 Å². The molecule has 0 heterocycles. The topological polar surface area (TPSA) is 37.3 Å². The summed E-state index contributed by atoms with van der Waals surface area (Å²) in [5, 5.41) is 9.52. The van der Waals surface area contributed by atoms with Crippen molar-refractivity contribution in [3.05, 3.63) is 24.1 Å². The average molecular weight is 249 g/mol. The molecule has 0 aromatic heterocycles. The molecule has 1 aliphatic carbocycles. The zero-order valence-electron chi connectivity index (χ0n) is 6.96. The molecule has 4 heteroatoms. The zero-order chi connectivity index (χ0) is 9.90. The van der Waals surface area contributed by atoms with Crippen molar-refractivity contribution < 1.29 is 14.3 Å². The van der Waals surface area contributed by atoms with E-state index < -0.39 is 11.4 Å². The number of hydrogen-bond acceptors (Lipinski definition) is 1. The van der Waals surface area contributed by atoms with Gasteiger partial charge in [-0.2, -0.15) is 0 Å².